The summed E-state index contributed by atoms with van der Waals surface area (Å²) < 4.78 is 32.8. The van der Waals surface area contributed by atoms with Crippen LogP contribution in [0.2, 0.25) is 0 Å². The highest BCUT2D eigenvalue weighted by molar-refractivity contribution is 7.86. The zero-order valence-electron chi connectivity index (χ0n) is 15.4. The molecule has 1 heterocycles. The van der Waals surface area contributed by atoms with Gasteiger partial charge in [-0.25, -0.2) is 0 Å². The molecule has 8 nitrogen and oxygen atoms in total. The molecular formula is C17H27N3O5S. The van der Waals surface area contributed by atoms with Gasteiger partial charge in [-0.05, 0) is 44.0 Å². The Morgan fingerprint density at radius 2 is 1.88 bits per heavy atom. The summed E-state index contributed by atoms with van der Waals surface area (Å²) in [6.07, 6.45) is 1.17. The number of benzene rings is 1. The maximum atomic E-state index is 12.1. The van der Waals surface area contributed by atoms with Gasteiger partial charge in [0.05, 0.1) is 6.61 Å². The fraction of sp³-hybridized carbons (Fsp3) is 0.588. The lowest BCUT2D eigenvalue weighted by atomic mass is 10.1. The number of aliphatic hydroxyl groups is 1. The molecule has 2 rings (SSSR count). The SMILES string of the molecule is C[C@@H](CO)NC(=O)c1ccc(OC2CCN(S(=O)(=O)N(C)C)CC2)cc1. The molecule has 1 fully saturated rings. The maximum Gasteiger partial charge on any atom is 0.281 e. The molecule has 1 atom stereocenters. The van der Waals surface area contributed by atoms with E-state index in [0.29, 0.717) is 37.2 Å². The molecule has 146 valence electrons. The number of carbonyl (C=O) groups is 1. The second-order valence-corrected chi connectivity index (χ2v) is 8.73. The van der Waals surface area contributed by atoms with Crippen molar-refractivity contribution in [3.05, 3.63) is 29.8 Å². The lowest BCUT2D eigenvalue weighted by molar-refractivity contribution is 0.0922. The minimum atomic E-state index is -3.37. The zero-order chi connectivity index (χ0) is 19.3. The quantitative estimate of drug-likeness (QED) is 0.710. The fourth-order valence-corrected chi connectivity index (χ4v) is 3.78. The van der Waals surface area contributed by atoms with Crippen molar-refractivity contribution in [2.45, 2.75) is 31.9 Å². The van der Waals surface area contributed by atoms with E-state index in [1.165, 1.54) is 22.7 Å². The van der Waals surface area contributed by atoms with Crippen LogP contribution in [-0.4, -0.2) is 74.0 Å². The van der Waals surface area contributed by atoms with Crippen molar-refractivity contribution < 1.29 is 23.1 Å². The van der Waals surface area contributed by atoms with E-state index in [2.05, 4.69) is 5.32 Å². The number of amides is 1. The molecule has 26 heavy (non-hydrogen) atoms. The molecule has 2 N–H and O–H groups in total. The third-order valence-electron chi connectivity index (χ3n) is 4.26. The van der Waals surface area contributed by atoms with Gasteiger partial charge in [-0.3, -0.25) is 4.79 Å². The summed E-state index contributed by atoms with van der Waals surface area (Å²) in [5, 5.41) is 11.7. The van der Waals surface area contributed by atoms with Crippen LogP contribution in [0.25, 0.3) is 0 Å². The zero-order valence-corrected chi connectivity index (χ0v) is 16.2. The van der Waals surface area contributed by atoms with Gasteiger partial charge in [0.25, 0.3) is 16.1 Å². The van der Waals surface area contributed by atoms with Gasteiger partial charge >= 0.3 is 0 Å². The smallest absolute Gasteiger partial charge is 0.281 e. The number of aliphatic hydroxyl groups excluding tert-OH is 1. The first-order valence-corrected chi connectivity index (χ1v) is 9.99. The minimum Gasteiger partial charge on any atom is -0.490 e. The Kier molecular flexibility index (Phi) is 6.99. The van der Waals surface area contributed by atoms with Crippen LogP contribution in [0.4, 0.5) is 0 Å². The van der Waals surface area contributed by atoms with Gasteiger partial charge in [-0.2, -0.15) is 17.0 Å². The minimum absolute atomic E-state index is 0.0577. The second-order valence-electron chi connectivity index (χ2n) is 6.59. The van der Waals surface area contributed by atoms with Crippen LogP contribution in [-0.2, 0) is 10.2 Å². The molecule has 1 aromatic carbocycles. The van der Waals surface area contributed by atoms with E-state index < -0.39 is 10.2 Å². The largest absolute Gasteiger partial charge is 0.490 e. The summed E-state index contributed by atoms with van der Waals surface area (Å²) >= 11 is 0. The topological polar surface area (TPSA) is 99.2 Å². The Hall–Kier alpha value is -1.68. The fourth-order valence-electron chi connectivity index (χ4n) is 2.64. The lowest BCUT2D eigenvalue weighted by Gasteiger charge is -2.32. The number of carbonyl (C=O) groups excluding carboxylic acids is 1. The normalized spacial score (nSPS) is 17.9. The summed E-state index contributed by atoms with van der Waals surface area (Å²) in [7, 11) is -0.325. The highest BCUT2D eigenvalue weighted by Crippen LogP contribution is 2.21. The molecule has 0 bridgehead atoms. The molecule has 0 aromatic heterocycles. The molecule has 1 aromatic rings. The van der Waals surface area contributed by atoms with Gasteiger partial charge in [-0.15, -0.1) is 0 Å². The molecule has 0 aliphatic carbocycles. The summed E-state index contributed by atoms with van der Waals surface area (Å²) in [6, 6.07) is 6.48. The van der Waals surface area contributed by atoms with Gasteiger partial charge in [-0.1, -0.05) is 0 Å². The van der Waals surface area contributed by atoms with Crippen LogP contribution in [0, 0.1) is 0 Å². The molecule has 0 unspecified atom stereocenters. The average molecular weight is 385 g/mol. The van der Waals surface area contributed by atoms with Crippen LogP contribution < -0.4 is 10.1 Å². The van der Waals surface area contributed by atoms with E-state index in [1.807, 2.05) is 0 Å². The molecule has 0 spiro atoms. The first kappa shape index (κ1) is 20.6. The molecule has 1 aliphatic heterocycles. The number of rotatable bonds is 7. The van der Waals surface area contributed by atoms with Crippen molar-refractivity contribution >= 4 is 16.1 Å². The van der Waals surface area contributed by atoms with Crippen LogP contribution in [0.1, 0.15) is 30.1 Å². The number of hydrogen-bond donors (Lipinski definition) is 2. The Balaban J connectivity index is 1.88. The molecule has 0 saturated carbocycles. The lowest BCUT2D eigenvalue weighted by Crippen LogP contribution is -2.46. The second kappa shape index (κ2) is 8.81. The maximum absolute atomic E-state index is 12.1. The van der Waals surface area contributed by atoms with Gasteiger partial charge in [0, 0.05) is 38.8 Å². The number of piperidine rings is 1. The predicted octanol–water partition coefficient (Wildman–Crippen LogP) is 0.447. The van der Waals surface area contributed by atoms with E-state index in [0.717, 1.165) is 0 Å². The van der Waals surface area contributed by atoms with Crippen LogP contribution in [0.5, 0.6) is 5.75 Å². The summed E-state index contributed by atoms with van der Waals surface area (Å²) in [4.78, 5) is 12.0. The van der Waals surface area contributed by atoms with Crippen LogP contribution in [0.3, 0.4) is 0 Å². The molecule has 1 amide bonds. The van der Waals surface area contributed by atoms with Gasteiger partial charge in [0.2, 0.25) is 0 Å². The van der Waals surface area contributed by atoms with E-state index in [4.69, 9.17) is 9.84 Å². The first-order chi connectivity index (χ1) is 12.2. The molecule has 1 aliphatic rings. The highest BCUT2D eigenvalue weighted by Gasteiger charge is 2.30. The van der Waals surface area contributed by atoms with Gasteiger partial charge < -0.3 is 15.2 Å². The van der Waals surface area contributed by atoms with Crippen molar-refractivity contribution in [3.63, 3.8) is 0 Å². The summed E-state index contributed by atoms with van der Waals surface area (Å²) in [6.45, 7) is 2.45. The summed E-state index contributed by atoms with van der Waals surface area (Å²) in [5.74, 6) is 0.394. The van der Waals surface area contributed by atoms with Crippen molar-refractivity contribution in [1.82, 2.24) is 13.9 Å². The number of nitrogens with zero attached hydrogens (tertiary/aromatic N) is 2. The van der Waals surface area contributed by atoms with Crippen molar-refractivity contribution in [2.24, 2.45) is 0 Å². The van der Waals surface area contributed by atoms with Crippen molar-refractivity contribution in [3.8, 4) is 5.75 Å². The molecular weight excluding hydrogens is 358 g/mol. The Morgan fingerprint density at radius 1 is 1.31 bits per heavy atom. The third-order valence-corrected chi connectivity index (χ3v) is 6.20. The van der Waals surface area contributed by atoms with Gasteiger partial charge in [0.1, 0.15) is 11.9 Å². The Morgan fingerprint density at radius 3 is 2.38 bits per heavy atom. The number of ether oxygens (including phenoxy) is 1. The first-order valence-electron chi connectivity index (χ1n) is 8.60. The Bertz CT molecular complexity index is 698. The van der Waals surface area contributed by atoms with Crippen molar-refractivity contribution in [2.75, 3.05) is 33.8 Å². The van der Waals surface area contributed by atoms with E-state index >= 15 is 0 Å². The number of nitrogens with one attached hydrogen (secondary N) is 1. The summed E-state index contributed by atoms with van der Waals surface area (Å²) in [5.41, 5.74) is 0.490. The van der Waals surface area contributed by atoms with Crippen LogP contribution >= 0.6 is 0 Å². The van der Waals surface area contributed by atoms with Crippen LogP contribution in [0.15, 0.2) is 24.3 Å². The third kappa shape index (κ3) is 5.16. The standard InChI is InChI=1S/C17H27N3O5S/c1-13(12-21)18-17(22)14-4-6-15(7-5-14)25-16-8-10-20(11-9-16)26(23,24)19(2)3/h4-7,13,16,21H,8-12H2,1-3H3,(H,18,22)/t13-/m0/s1. The van der Waals surface area contributed by atoms with Crippen molar-refractivity contribution in [1.29, 1.82) is 0 Å². The van der Waals surface area contributed by atoms with E-state index in [-0.39, 0.29) is 24.7 Å². The van der Waals surface area contributed by atoms with E-state index in [1.54, 1.807) is 31.2 Å². The predicted molar refractivity (Wildman–Crippen MR) is 98.3 cm³/mol. The Labute approximate surface area is 154 Å². The number of hydrogen-bond acceptors (Lipinski definition) is 5. The highest BCUT2D eigenvalue weighted by atomic mass is 32.2. The molecule has 9 heteroatoms. The molecule has 1 saturated heterocycles. The van der Waals surface area contributed by atoms with Gasteiger partial charge in [0.15, 0.2) is 0 Å². The molecule has 0 radical (unpaired) electrons. The van der Waals surface area contributed by atoms with E-state index in [9.17, 15) is 13.2 Å². The average Bonchev–Trinajstić information content (AvgIpc) is 2.62. The monoisotopic (exact) mass is 385 g/mol.